The van der Waals surface area contributed by atoms with Crippen molar-refractivity contribution >= 4 is 32.5 Å². The van der Waals surface area contributed by atoms with Crippen LogP contribution >= 0.6 is 0 Å². The van der Waals surface area contributed by atoms with Crippen LogP contribution in [0.1, 0.15) is 42.1 Å². The van der Waals surface area contributed by atoms with Crippen LogP contribution in [0.5, 0.6) is 5.75 Å². The van der Waals surface area contributed by atoms with Crippen LogP contribution in [0, 0.1) is 17.8 Å². The maximum Gasteiger partial charge on any atom is 0.406 e. The van der Waals surface area contributed by atoms with E-state index in [1.54, 1.807) is 12.1 Å². The predicted octanol–water partition coefficient (Wildman–Crippen LogP) is 4.32. The van der Waals surface area contributed by atoms with Gasteiger partial charge in [-0.3, -0.25) is 4.79 Å². The minimum Gasteiger partial charge on any atom is -0.495 e. The fourth-order valence-electron chi connectivity index (χ4n) is 5.36. The number of nitrogens with one attached hydrogen (secondary N) is 2. The van der Waals surface area contributed by atoms with Crippen molar-refractivity contribution in [2.45, 2.75) is 55.9 Å². The average Bonchev–Trinajstić information content (AvgIpc) is 3.31. The Morgan fingerprint density at radius 2 is 1.95 bits per heavy atom. The van der Waals surface area contributed by atoms with Crippen molar-refractivity contribution in [1.29, 1.82) is 0 Å². The summed E-state index contributed by atoms with van der Waals surface area (Å²) in [5, 5.41) is 6.14. The fourth-order valence-corrected chi connectivity index (χ4v) is 6.00. The minimum atomic E-state index is -4.48. The monoisotopic (exact) mass is 619 g/mol. The number of hydrogen-bond donors (Lipinski definition) is 2. The molecule has 1 aromatic heterocycles. The lowest BCUT2D eigenvalue weighted by atomic mass is 9.82. The molecule has 0 aliphatic heterocycles. The van der Waals surface area contributed by atoms with Gasteiger partial charge in [0.2, 0.25) is 0 Å². The van der Waals surface area contributed by atoms with Gasteiger partial charge in [-0.2, -0.15) is 13.2 Å². The topological polar surface area (TPSA) is 106 Å². The van der Waals surface area contributed by atoms with Gasteiger partial charge in [0.15, 0.2) is 9.84 Å². The molecule has 4 rings (SSSR count). The number of methoxy groups -OCH3 is 1. The van der Waals surface area contributed by atoms with Gasteiger partial charge in [0, 0.05) is 30.0 Å². The van der Waals surface area contributed by atoms with E-state index in [0.29, 0.717) is 23.0 Å². The SMILES string of the molecule is COc1cc(S(C)(=O)=O)ccc1NCC#Cc1cc(C(=O)N[C@H]2CC[C@H](N(C)C)C[C@@H]2C)c2ncn(CC(F)(F)F)c2c1. The number of benzene rings is 2. The van der Waals surface area contributed by atoms with Crippen molar-refractivity contribution in [1.82, 2.24) is 19.8 Å². The molecule has 1 aliphatic rings. The number of anilines is 1. The van der Waals surface area contributed by atoms with E-state index in [2.05, 4.69) is 39.3 Å². The number of imidazole rings is 1. The molecule has 3 atom stereocenters. The number of amides is 1. The van der Waals surface area contributed by atoms with Crippen molar-refractivity contribution in [2.24, 2.45) is 5.92 Å². The molecule has 0 saturated heterocycles. The normalized spacial score (nSPS) is 19.1. The number of nitrogens with zero attached hydrogens (tertiary/aromatic N) is 3. The van der Waals surface area contributed by atoms with Crippen molar-refractivity contribution in [3.63, 3.8) is 0 Å². The highest BCUT2D eigenvalue weighted by Crippen LogP contribution is 2.29. The van der Waals surface area contributed by atoms with Gasteiger partial charge in [-0.1, -0.05) is 18.8 Å². The lowest BCUT2D eigenvalue weighted by molar-refractivity contribution is -0.139. The highest BCUT2D eigenvalue weighted by molar-refractivity contribution is 7.90. The molecule has 3 aromatic rings. The Morgan fingerprint density at radius 1 is 1.21 bits per heavy atom. The highest BCUT2D eigenvalue weighted by atomic mass is 32.2. The quantitative estimate of drug-likeness (QED) is 0.362. The van der Waals surface area contributed by atoms with Gasteiger partial charge in [-0.25, -0.2) is 13.4 Å². The lowest BCUT2D eigenvalue weighted by Gasteiger charge is -2.37. The summed E-state index contributed by atoms with van der Waals surface area (Å²) in [5.41, 5.74) is 1.37. The van der Waals surface area contributed by atoms with E-state index in [4.69, 9.17) is 4.74 Å². The van der Waals surface area contributed by atoms with E-state index < -0.39 is 28.5 Å². The molecule has 1 amide bonds. The number of sulfone groups is 1. The first-order valence-corrected chi connectivity index (χ1v) is 15.7. The number of ether oxygens (including phenoxy) is 1. The molecule has 43 heavy (non-hydrogen) atoms. The Labute approximate surface area is 249 Å². The molecule has 2 aromatic carbocycles. The molecule has 1 aliphatic carbocycles. The number of hydrogen-bond acceptors (Lipinski definition) is 7. The summed E-state index contributed by atoms with van der Waals surface area (Å²) in [4.78, 5) is 20.0. The van der Waals surface area contributed by atoms with E-state index in [9.17, 15) is 26.4 Å². The molecule has 0 unspecified atom stereocenters. The zero-order valence-electron chi connectivity index (χ0n) is 24.7. The van der Waals surface area contributed by atoms with E-state index >= 15 is 0 Å². The molecule has 0 spiro atoms. The first kappa shape index (κ1) is 32.2. The third-order valence-corrected chi connectivity index (χ3v) is 8.82. The smallest absolute Gasteiger partial charge is 0.406 e. The largest absolute Gasteiger partial charge is 0.495 e. The predicted molar refractivity (Wildman–Crippen MR) is 159 cm³/mol. The van der Waals surface area contributed by atoms with Crippen molar-refractivity contribution in [3.05, 3.63) is 47.8 Å². The van der Waals surface area contributed by atoms with Crippen LogP contribution in [0.15, 0.2) is 41.6 Å². The summed E-state index contributed by atoms with van der Waals surface area (Å²) in [5.74, 6) is 5.98. The summed E-state index contributed by atoms with van der Waals surface area (Å²) < 4.78 is 69.8. The van der Waals surface area contributed by atoms with Crippen LogP contribution in [0.25, 0.3) is 11.0 Å². The fraction of sp³-hybridized carbons (Fsp3) is 0.467. The molecule has 1 saturated carbocycles. The van der Waals surface area contributed by atoms with Crippen LogP contribution in [-0.2, 0) is 16.4 Å². The minimum absolute atomic E-state index is 0.0704. The second-order valence-corrected chi connectivity index (χ2v) is 13.2. The molecule has 13 heteroatoms. The van der Waals surface area contributed by atoms with Gasteiger partial charge in [0.25, 0.3) is 5.91 Å². The van der Waals surface area contributed by atoms with Crippen LogP contribution in [0.2, 0.25) is 0 Å². The second kappa shape index (κ2) is 12.9. The van der Waals surface area contributed by atoms with Gasteiger partial charge in [0.1, 0.15) is 17.8 Å². The van der Waals surface area contributed by atoms with E-state index in [-0.39, 0.29) is 40.0 Å². The molecule has 232 valence electrons. The summed E-state index contributed by atoms with van der Waals surface area (Å²) in [6.07, 6.45) is 0.356. The number of rotatable bonds is 8. The Kier molecular flexibility index (Phi) is 9.61. The molecule has 0 bridgehead atoms. The van der Waals surface area contributed by atoms with Crippen LogP contribution < -0.4 is 15.4 Å². The van der Waals surface area contributed by atoms with Crippen LogP contribution in [-0.4, -0.2) is 81.0 Å². The van der Waals surface area contributed by atoms with E-state index in [0.717, 1.165) is 36.4 Å². The molecule has 2 N–H and O–H groups in total. The van der Waals surface area contributed by atoms with Gasteiger partial charge in [-0.05, 0) is 63.5 Å². The first-order valence-electron chi connectivity index (χ1n) is 13.8. The summed E-state index contributed by atoms with van der Waals surface area (Å²) in [7, 11) is 2.07. The highest BCUT2D eigenvalue weighted by Gasteiger charge is 2.32. The van der Waals surface area contributed by atoms with Crippen molar-refractivity contribution in [3.8, 4) is 17.6 Å². The van der Waals surface area contributed by atoms with Gasteiger partial charge >= 0.3 is 6.18 Å². The Morgan fingerprint density at radius 3 is 2.58 bits per heavy atom. The Bertz CT molecular complexity index is 1660. The standard InChI is InChI=1S/C30H36F3N5O4S/c1-19-13-21(37(2)3)8-10-24(19)36-29(39)23-14-20(15-26-28(23)35-18-38(26)17-30(31,32)33)7-6-12-34-25-11-9-22(43(5,40)41)16-27(25)42-4/h9,11,14-16,18-19,21,24,34H,8,10,12-13,17H2,1-5H3,(H,36,39)/t19-,21-,24-/m0/s1. The first-order chi connectivity index (χ1) is 20.2. The van der Waals surface area contributed by atoms with E-state index in [1.807, 2.05) is 14.1 Å². The van der Waals surface area contributed by atoms with Crippen LogP contribution in [0.3, 0.4) is 0 Å². The molecule has 9 nitrogen and oxygen atoms in total. The number of halogens is 3. The lowest BCUT2D eigenvalue weighted by Crippen LogP contribution is -2.46. The molecule has 1 fully saturated rings. The zero-order chi connectivity index (χ0) is 31.5. The summed E-state index contributed by atoms with van der Waals surface area (Å²) >= 11 is 0. The summed E-state index contributed by atoms with van der Waals surface area (Å²) in [6, 6.07) is 7.81. The van der Waals surface area contributed by atoms with Gasteiger partial charge in [-0.15, -0.1) is 0 Å². The van der Waals surface area contributed by atoms with Crippen molar-refractivity contribution < 1.29 is 31.1 Å². The van der Waals surface area contributed by atoms with E-state index in [1.165, 1.54) is 25.3 Å². The van der Waals surface area contributed by atoms with Gasteiger partial charge in [0.05, 0.1) is 41.6 Å². The number of alkyl halides is 3. The number of carbonyl (C=O) groups is 1. The van der Waals surface area contributed by atoms with Crippen molar-refractivity contribution in [2.75, 3.05) is 39.3 Å². The molecular weight excluding hydrogens is 583 g/mol. The zero-order valence-corrected chi connectivity index (χ0v) is 25.6. The maximum atomic E-state index is 13.5. The summed E-state index contributed by atoms with van der Waals surface area (Å²) in [6.45, 7) is 0.952. The third-order valence-electron chi connectivity index (χ3n) is 7.71. The maximum absolute atomic E-state index is 13.5. The molecule has 0 radical (unpaired) electrons. The second-order valence-electron chi connectivity index (χ2n) is 11.2. The third kappa shape index (κ3) is 8.00. The molecule has 1 heterocycles. The Balaban J connectivity index is 1.60. The molecular formula is C30H36F3N5O4S. The van der Waals surface area contributed by atoms with Crippen LogP contribution in [0.4, 0.5) is 18.9 Å². The Hall–Kier alpha value is -3.76. The number of carbonyl (C=O) groups excluding carboxylic acids is 1. The average molecular weight is 620 g/mol. The number of aromatic nitrogens is 2. The van der Waals surface area contributed by atoms with Gasteiger partial charge < -0.3 is 24.8 Å². The number of fused-ring (bicyclic) bond motifs is 1.